The summed E-state index contributed by atoms with van der Waals surface area (Å²) in [6.45, 7) is 0. The second kappa shape index (κ2) is 3.62. The minimum atomic E-state index is -2.11. The highest BCUT2D eigenvalue weighted by molar-refractivity contribution is 7.75. The molecule has 0 aromatic carbocycles. The Bertz CT molecular complexity index is 68.9. The van der Waals surface area contributed by atoms with Crippen LogP contribution in [0.3, 0.4) is 0 Å². The van der Waals surface area contributed by atoms with Crippen LogP contribution in [-0.4, -0.2) is 8.87 Å². The van der Waals surface area contributed by atoms with E-state index < -0.39 is 11.7 Å². The zero-order valence-corrected chi connectivity index (χ0v) is 7.23. The topological polar surface area (TPSA) is 29.5 Å². The number of hydrogen-bond acceptors (Lipinski definition) is 2. The van der Waals surface area contributed by atoms with Crippen LogP contribution < -0.4 is 0 Å². The van der Waals surface area contributed by atoms with Crippen LogP contribution in [-0.2, 0) is 4.52 Å². The largest absolute Gasteiger partial charge is 0.338 e. The van der Waals surface area contributed by atoms with Gasteiger partial charge in [0.05, 0.1) is 0 Å². The van der Waals surface area contributed by atoms with E-state index in [1.165, 1.54) is 0 Å². The summed E-state index contributed by atoms with van der Waals surface area (Å²) in [5.74, 6) is 0. The third-order valence-electron chi connectivity index (χ3n) is 0.179. The third kappa shape index (κ3) is 7.51. The summed E-state index contributed by atoms with van der Waals surface area (Å²) in [6.07, 6.45) is 0. The summed E-state index contributed by atoms with van der Waals surface area (Å²) >= 11 is 19.9. The summed E-state index contributed by atoms with van der Waals surface area (Å²) < 4.78 is 2.21. The molecule has 8 heavy (non-hydrogen) atoms. The maximum absolute atomic E-state index is 8.24. The van der Waals surface area contributed by atoms with Crippen molar-refractivity contribution in [3.63, 3.8) is 0 Å². The second-order valence-corrected chi connectivity index (χ2v) is 4.44. The molecule has 0 fully saturated rings. The van der Waals surface area contributed by atoms with Crippen LogP contribution in [0.2, 0.25) is 0 Å². The SMILES string of the molecule is OP(Cl)OC(Cl)(Cl)Cl. The zero-order chi connectivity index (χ0) is 6.78. The number of alkyl halides is 3. The van der Waals surface area contributed by atoms with E-state index in [0.29, 0.717) is 0 Å². The summed E-state index contributed by atoms with van der Waals surface area (Å²) in [4.78, 5) is 8.24. The highest BCUT2D eigenvalue weighted by Gasteiger charge is 2.24. The number of halogens is 4. The van der Waals surface area contributed by atoms with E-state index in [1.54, 1.807) is 0 Å². The van der Waals surface area contributed by atoms with E-state index in [-0.39, 0.29) is 0 Å². The minimum absolute atomic E-state index is 1.91. The van der Waals surface area contributed by atoms with Gasteiger partial charge >= 0.3 is 3.98 Å². The molecule has 0 aliphatic heterocycles. The molecule has 0 saturated carbocycles. The monoisotopic (exact) mass is 216 g/mol. The first-order valence-corrected chi connectivity index (χ1v) is 4.57. The normalized spacial score (nSPS) is 16.1. The fourth-order valence-corrected chi connectivity index (χ4v) is 1.47. The van der Waals surface area contributed by atoms with E-state index in [4.69, 9.17) is 50.9 Å². The van der Waals surface area contributed by atoms with E-state index >= 15 is 0 Å². The van der Waals surface area contributed by atoms with Crippen molar-refractivity contribution >= 4 is 53.8 Å². The van der Waals surface area contributed by atoms with Gasteiger partial charge in [-0.3, -0.25) is 4.52 Å². The van der Waals surface area contributed by atoms with Gasteiger partial charge < -0.3 is 4.89 Å². The van der Waals surface area contributed by atoms with Crippen molar-refractivity contribution in [3.05, 3.63) is 0 Å². The van der Waals surface area contributed by atoms with Crippen LogP contribution >= 0.6 is 53.8 Å². The Morgan fingerprint density at radius 3 is 1.75 bits per heavy atom. The molecule has 1 atom stereocenters. The van der Waals surface area contributed by atoms with Crippen molar-refractivity contribution < 1.29 is 9.42 Å². The predicted molar refractivity (Wildman–Crippen MR) is 36.4 cm³/mol. The number of hydrogen-bond donors (Lipinski definition) is 1. The van der Waals surface area contributed by atoms with Gasteiger partial charge in [0.2, 0.25) is 0 Å². The molecular formula is CHCl4O2P. The first-order chi connectivity index (χ1) is 3.42. The molecule has 1 unspecified atom stereocenters. The van der Waals surface area contributed by atoms with Crippen LogP contribution in [0.25, 0.3) is 0 Å². The van der Waals surface area contributed by atoms with Crippen molar-refractivity contribution in [3.8, 4) is 0 Å². The molecule has 2 nitrogen and oxygen atoms in total. The molecule has 0 amide bonds. The van der Waals surface area contributed by atoms with E-state index in [2.05, 4.69) is 4.52 Å². The van der Waals surface area contributed by atoms with E-state index in [0.717, 1.165) is 0 Å². The fraction of sp³-hybridized carbons (Fsp3) is 1.00. The molecule has 0 radical (unpaired) electrons. The Morgan fingerprint density at radius 2 is 1.75 bits per heavy atom. The lowest BCUT2D eigenvalue weighted by molar-refractivity contribution is 0.324. The van der Waals surface area contributed by atoms with Crippen LogP contribution in [0.15, 0.2) is 0 Å². The smallest absolute Gasteiger partial charge is 0.303 e. The van der Waals surface area contributed by atoms with Gasteiger partial charge in [0.1, 0.15) is 0 Å². The Labute approximate surface area is 67.3 Å². The van der Waals surface area contributed by atoms with E-state index in [9.17, 15) is 0 Å². The molecule has 0 spiro atoms. The Morgan fingerprint density at radius 1 is 1.38 bits per heavy atom. The highest BCUT2D eigenvalue weighted by atomic mass is 35.7. The molecule has 0 heterocycles. The molecular weight excluding hydrogens is 217 g/mol. The maximum Gasteiger partial charge on any atom is 0.303 e. The van der Waals surface area contributed by atoms with Crippen LogP contribution in [0, 0.1) is 0 Å². The van der Waals surface area contributed by atoms with Crippen molar-refractivity contribution in [1.82, 2.24) is 0 Å². The molecule has 0 aromatic heterocycles. The summed E-state index contributed by atoms with van der Waals surface area (Å²) in [5, 5.41) is 0. The van der Waals surface area contributed by atoms with Crippen molar-refractivity contribution in [2.45, 2.75) is 3.98 Å². The first-order valence-electron chi connectivity index (χ1n) is 1.32. The number of rotatable bonds is 1. The lowest BCUT2D eigenvalue weighted by Crippen LogP contribution is -2.01. The molecule has 0 aliphatic carbocycles. The Kier molecular flexibility index (Phi) is 4.31. The van der Waals surface area contributed by atoms with Gasteiger partial charge in [-0.2, -0.15) is 0 Å². The molecule has 7 heteroatoms. The van der Waals surface area contributed by atoms with Crippen molar-refractivity contribution in [2.75, 3.05) is 0 Å². The van der Waals surface area contributed by atoms with Gasteiger partial charge in [0.25, 0.3) is 7.73 Å². The lowest BCUT2D eigenvalue weighted by Gasteiger charge is -2.10. The quantitative estimate of drug-likeness (QED) is 0.541. The summed E-state index contributed by atoms with van der Waals surface area (Å²) in [5.41, 5.74) is 0. The average Bonchev–Trinajstić information content (AvgIpc) is 1.21. The van der Waals surface area contributed by atoms with Crippen molar-refractivity contribution in [1.29, 1.82) is 0 Å². The van der Waals surface area contributed by atoms with Gasteiger partial charge in [-0.1, -0.05) is 34.8 Å². The standard InChI is InChI=1S/CHCl4O2P/c2-1(3,4)7-8(5)6/h6H. The van der Waals surface area contributed by atoms with Gasteiger partial charge in [-0.15, -0.1) is 0 Å². The van der Waals surface area contributed by atoms with Gasteiger partial charge in [-0.25, -0.2) is 0 Å². The molecule has 0 rings (SSSR count). The van der Waals surface area contributed by atoms with Crippen LogP contribution in [0.4, 0.5) is 0 Å². The van der Waals surface area contributed by atoms with Gasteiger partial charge in [0, 0.05) is 0 Å². The minimum Gasteiger partial charge on any atom is -0.338 e. The third-order valence-corrected chi connectivity index (χ3v) is 1.36. The summed E-state index contributed by atoms with van der Waals surface area (Å²) in [6, 6.07) is 0. The molecule has 50 valence electrons. The van der Waals surface area contributed by atoms with Gasteiger partial charge in [-0.05, 0) is 11.2 Å². The first kappa shape index (κ1) is 9.51. The van der Waals surface area contributed by atoms with Gasteiger partial charge in [0.15, 0.2) is 0 Å². The fourth-order valence-electron chi connectivity index (χ4n) is 0.0854. The Balaban J connectivity index is 3.39. The average molecular weight is 218 g/mol. The highest BCUT2D eigenvalue weighted by Crippen LogP contribution is 2.46. The maximum atomic E-state index is 8.24. The molecule has 0 aromatic rings. The summed E-state index contributed by atoms with van der Waals surface area (Å²) in [7, 11) is -2.11. The second-order valence-electron chi connectivity index (χ2n) is 0.763. The zero-order valence-electron chi connectivity index (χ0n) is 3.31. The predicted octanol–water partition coefficient (Wildman–Crippen LogP) is 2.79. The van der Waals surface area contributed by atoms with Crippen LogP contribution in [0.1, 0.15) is 0 Å². The molecule has 1 N–H and O–H groups in total. The molecule has 0 saturated heterocycles. The molecule has 0 bridgehead atoms. The van der Waals surface area contributed by atoms with Crippen molar-refractivity contribution in [2.24, 2.45) is 0 Å². The van der Waals surface area contributed by atoms with Crippen LogP contribution in [0.5, 0.6) is 0 Å². The Hall–Kier alpha value is 1.51. The molecule has 0 aliphatic rings. The lowest BCUT2D eigenvalue weighted by atomic mass is 11.7. The van der Waals surface area contributed by atoms with E-state index in [1.807, 2.05) is 0 Å².